The minimum Gasteiger partial charge on any atom is -0.325 e. The molecule has 0 aromatic heterocycles. The van der Waals surface area contributed by atoms with Crippen LogP contribution in [0.4, 0.5) is 17.1 Å². The van der Waals surface area contributed by atoms with E-state index < -0.39 is 32.5 Å². The Morgan fingerprint density at radius 1 is 0.769 bits per heavy atom. The van der Waals surface area contributed by atoms with Crippen molar-refractivity contribution in [2.24, 2.45) is 0 Å². The van der Waals surface area contributed by atoms with Crippen molar-refractivity contribution in [2.75, 3.05) is 20.9 Å². The lowest BCUT2D eigenvalue weighted by atomic mass is 10.2. The molecule has 0 spiro atoms. The van der Waals surface area contributed by atoms with Crippen LogP contribution in [-0.4, -0.2) is 29.3 Å². The number of sulfonamides is 2. The fraction of sp³-hybridized carbons (Fsp3) is 0.0741. The van der Waals surface area contributed by atoms with Crippen molar-refractivity contribution in [3.8, 4) is 0 Å². The smallest absolute Gasteiger partial charge is 0.264 e. The first-order valence-corrected chi connectivity index (χ1v) is 15.6. The maximum absolute atomic E-state index is 13.5. The first-order chi connectivity index (χ1) is 18.4. The molecule has 0 bridgehead atoms. The third-order valence-electron chi connectivity index (χ3n) is 5.56. The van der Waals surface area contributed by atoms with E-state index in [9.17, 15) is 21.6 Å². The highest BCUT2D eigenvalue weighted by molar-refractivity contribution is 9.10. The number of benzene rings is 4. The highest BCUT2D eigenvalue weighted by atomic mass is 79.9. The second-order valence-corrected chi connectivity index (χ2v) is 13.4. The molecule has 0 saturated heterocycles. The molecule has 0 atom stereocenters. The van der Waals surface area contributed by atoms with Crippen molar-refractivity contribution in [3.05, 3.63) is 112 Å². The van der Waals surface area contributed by atoms with Gasteiger partial charge in [-0.1, -0.05) is 45.2 Å². The average Bonchev–Trinajstić information content (AvgIpc) is 2.90. The molecular formula is C27H23BrClN3O5S2. The lowest BCUT2D eigenvalue weighted by molar-refractivity contribution is -0.114. The summed E-state index contributed by atoms with van der Waals surface area (Å²) in [6.45, 7) is 1.34. The maximum Gasteiger partial charge on any atom is 0.264 e. The molecule has 0 aliphatic heterocycles. The first kappa shape index (κ1) is 28.6. The van der Waals surface area contributed by atoms with Crippen molar-refractivity contribution in [3.63, 3.8) is 0 Å². The van der Waals surface area contributed by atoms with Crippen molar-refractivity contribution in [1.29, 1.82) is 0 Å². The average molecular weight is 649 g/mol. The summed E-state index contributed by atoms with van der Waals surface area (Å²) in [5.41, 5.74) is 1.85. The number of nitrogens with one attached hydrogen (secondary N) is 2. The fourth-order valence-electron chi connectivity index (χ4n) is 3.54. The molecule has 0 fully saturated rings. The number of rotatable bonds is 9. The van der Waals surface area contributed by atoms with E-state index >= 15 is 0 Å². The van der Waals surface area contributed by atoms with Crippen LogP contribution < -0.4 is 14.3 Å². The molecule has 0 unspecified atom stereocenters. The maximum atomic E-state index is 13.5. The highest BCUT2D eigenvalue weighted by Crippen LogP contribution is 2.26. The van der Waals surface area contributed by atoms with E-state index in [1.807, 2.05) is 6.92 Å². The Morgan fingerprint density at radius 2 is 1.31 bits per heavy atom. The molecule has 0 aliphatic carbocycles. The summed E-state index contributed by atoms with van der Waals surface area (Å²) < 4.78 is 56.6. The van der Waals surface area contributed by atoms with Crippen molar-refractivity contribution in [1.82, 2.24) is 0 Å². The van der Waals surface area contributed by atoms with Gasteiger partial charge in [-0.2, -0.15) is 0 Å². The van der Waals surface area contributed by atoms with Crippen LogP contribution in [0.15, 0.2) is 111 Å². The molecule has 39 heavy (non-hydrogen) atoms. The number of aryl methyl sites for hydroxylation is 1. The molecule has 8 nitrogen and oxygen atoms in total. The minimum atomic E-state index is -4.07. The molecule has 0 heterocycles. The molecular weight excluding hydrogens is 626 g/mol. The molecule has 4 aromatic rings. The minimum absolute atomic E-state index is 0.0195. The van der Waals surface area contributed by atoms with E-state index in [4.69, 9.17) is 11.6 Å². The lowest BCUT2D eigenvalue weighted by Gasteiger charge is -2.24. The van der Waals surface area contributed by atoms with Gasteiger partial charge in [-0.05, 0) is 91.9 Å². The van der Waals surface area contributed by atoms with Gasteiger partial charge in [0.2, 0.25) is 5.91 Å². The Morgan fingerprint density at radius 3 is 1.90 bits per heavy atom. The predicted octanol–water partition coefficient (Wildman–Crippen LogP) is 6.05. The zero-order valence-electron chi connectivity index (χ0n) is 20.5. The molecule has 4 rings (SSSR count). The van der Waals surface area contributed by atoms with E-state index in [-0.39, 0.29) is 9.79 Å². The Labute approximate surface area is 240 Å². The van der Waals surface area contributed by atoms with Crippen LogP contribution in [0.1, 0.15) is 5.56 Å². The second kappa shape index (κ2) is 11.8. The van der Waals surface area contributed by atoms with E-state index in [1.165, 1.54) is 48.5 Å². The van der Waals surface area contributed by atoms with Crippen LogP contribution >= 0.6 is 27.5 Å². The van der Waals surface area contributed by atoms with Crippen LogP contribution in [0.5, 0.6) is 0 Å². The van der Waals surface area contributed by atoms with Crippen LogP contribution in [0.2, 0.25) is 5.02 Å². The van der Waals surface area contributed by atoms with Gasteiger partial charge in [-0.25, -0.2) is 16.8 Å². The molecule has 202 valence electrons. The van der Waals surface area contributed by atoms with E-state index in [0.29, 0.717) is 22.1 Å². The number of carbonyl (C=O) groups excluding carboxylic acids is 1. The van der Waals surface area contributed by atoms with Crippen LogP contribution in [-0.2, 0) is 24.8 Å². The molecule has 0 saturated carbocycles. The predicted molar refractivity (Wildman–Crippen MR) is 157 cm³/mol. The van der Waals surface area contributed by atoms with Crippen LogP contribution in [0, 0.1) is 6.92 Å². The monoisotopic (exact) mass is 647 g/mol. The Balaban J connectivity index is 1.52. The summed E-state index contributed by atoms with van der Waals surface area (Å²) in [5.74, 6) is -0.608. The zero-order valence-corrected chi connectivity index (χ0v) is 24.5. The molecule has 4 aromatic carbocycles. The van der Waals surface area contributed by atoms with Crippen LogP contribution in [0.25, 0.3) is 0 Å². The zero-order chi connectivity index (χ0) is 28.2. The molecule has 0 aliphatic rings. The van der Waals surface area contributed by atoms with Crippen molar-refractivity contribution < 1.29 is 21.6 Å². The van der Waals surface area contributed by atoms with Gasteiger partial charge >= 0.3 is 0 Å². The van der Waals surface area contributed by atoms with E-state index in [2.05, 4.69) is 26.0 Å². The topological polar surface area (TPSA) is 113 Å². The Kier molecular flexibility index (Phi) is 8.65. The quantitative estimate of drug-likeness (QED) is 0.230. The lowest BCUT2D eigenvalue weighted by Crippen LogP contribution is -2.38. The third kappa shape index (κ3) is 7.18. The number of anilines is 3. The summed E-state index contributed by atoms with van der Waals surface area (Å²) in [5, 5.41) is 3.11. The van der Waals surface area contributed by atoms with Crippen molar-refractivity contribution >= 4 is 70.5 Å². The number of nitrogens with zero attached hydrogens (tertiary/aromatic N) is 1. The molecule has 2 N–H and O–H groups in total. The summed E-state index contributed by atoms with van der Waals surface area (Å²) in [7, 11) is -7.95. The van der Waals surface area contributed by atoms with Gasteiger partial charge in [-0.15, -0.1) is 0 Å². The van der Waals surface area contributed by atoms with Gasteiger partial charge in [0.1, 0.15) is 6.54 Å². The van der Waals surface area contributed by atoms with Gasteiger partial charge in [0.05, 0.1) is 15.5 Å². The molecule has 12 heteroatoms. The number of hydrogen-bond donors (Lipinski definition) is 2. The van der Waals surface area contributed by atoms with Gasteiger partial charge in [0.25, 0.3) is 20.0 Å². The number of halogens is 2. The van der Waals surface area contributed by atoms with Gasteiger partial charge in [0, 0.05) is 20.9 Å². The second-order valence-electron chi connectivity index (χ2n) is 8.49. The number of amides is 1. The van der Waals surface area contributed by atoms with Crippen molar-refractivity contribution in [2.45, 2.75) is 16.7 Å². The van der Waals surface area contributed by atoms with E-state index in [0.717, 1.165) is 14.3 Å². The number of hydrogen-bond acceptors (Lipinski definition) is 5. The SMILES string of the molecule is Cc1ccc(S(=O)(=O)N(CC(=O)Nc2ccc(S(=O)(=O)Nc3ccc(Cl)cc3)cc2)c2ccc(Br)cc2)cc1. The molecule has 0 radical (unpaired) electrons. The highest BCUT2D eigenvalue weighted by Gasteiger charge is 2.27. The van der Waals surface area contributed by atoms with Crippen LogP contribution in [0.3, 0.4) is 0 Å². The standard InChI is InChI=1S/C27H23BrClN3O5S2/c1-19-2-14-26(15-3-19)39(36,37)32(24-12-4-20(28)5-13-24)18-27(33)30-22-10-16-25(17-11-22)38(34,35)31-23-8-6-21(29)7-9-23/h2-17,31H,18H2,1H3,(H,30,33). The summed E-state index contributed by atoms with van der Waals surface area (Å²) >= 11 is 9.18. The Bertz CT molecular complexity index is 1680. The molecule has 1 amide bonds. The fourth-order valence-corrected chi connectivity index (χ4v) is 6.41. The van der Waals surface area contributed by atoms with Gasteiger partial charge in [-0.3, -0.25) is 13.8 Å². The largest absolute Gasteiger partial charge is 0.325 e. The normalized spacial score (nSPS) is 11.6. The van der Waals surface area contributed by atoms with Gasteiger partial charge in [0.15, 0.2) is 0 Å². The number of carbonyl (C=O) groups is 1. The summed E-state index contributed by atoms with van der Waals surface area (Å²) in [6, 6.07) is 24.6. The Hall–Kier alpha value is -3.38. The summed E-state index contributed by atoms with van der Waals surface area (Å²) in [6.07, 6.45) is 0. The third-order valence-corrected chi connectivity index (χ3v) is 9.52. The first-order valence-electron chi connectivity index (χ1n) is 11.5. The van der Waals surface area contributed by atoms with Gasteiger partial charge < -0.3 is 5.32 Å². The van der Waals surface area contributed by atoms with E-state index in [1.54, 1.807) is 48.5 Å². The summed E-state index contributed by atoms with van der Waals surface area (Å²) in [4.78, 5) is 13.0.